The molecule has 1 atom stereocenters. The van der Waals surface area contributed by atoms with E-state index >= 15 is 0 Å². The molecule has 0 saturated carbocycles. The Hall–Kier alpha value is -0.710. The van der Waals surface area contributed by atoms with Gasteiger partial charge in [-0.2, -0.15) is 0 Å². The number of thiophene rings is 1. The fourth-order valence-electron chi connectivity index (χ4n) is 2.08. The van der Waals surface area contributed by atoms with Gasteiger partial charge in [-0.3, -0.25) is 0 Å². The SMILES string of the molecule is CCNC(c1cc(Br)c(C)s1)c1cc(C)ccc1F. The summed E-state index contributed by atoms with van der Waals surface area (Å²) in [6.07, 6.45) is 0. The van der Waals surface area contributed by atoms with Gasteiger partial charge in [-0.05, 0) is 48.5 Å². The Labute approximate surface area is 126 Å². The van der Waals surface area contributed by atoms with Crippen LogP contribution in [0, 0.1) is 19.7 Å². The summed E-state index contributed by atoms with van der Waals surface area (Å²) in [5.74, 6) is -0.154. The van der Waals surface area contributed by atoms with Gasteiger partial charge in [0.15, 0.2) is 0 Å². The molecule has 1 unspecified atom stereocenters. The second kappa shape index (κ2) is 6.16. The van der Waals surface area contributed by atoms with Crippen molar-refractivity contribution in [1.29, 1.82) is 0 Å². The van der Waals surface area contributed by atoms with Crippen LogP contribution in [0.5, 0.6) is 0 Å². The third-order valence-corrected chi connectivity index (χ3v) is 5.23. The van der Waals surface area contributed by atoms with Gasteiger partial charge in [-0.1, -0.05) is 24.6 Å². The van der Waals surface area contributed by atoms with Gasteiger partial charge < -0.3 is 5.32 Å². The average molecular weight is 342 g/mol. The predicted octanol–water partition coefficient (Wildman–Crippen LogP) is 4.97. The van der Waals surface area contributed by atoms with Crippen molar-refractivity contribution >= 4 is 27.3 Å². The molecule has 1 nitrogen and oxygen atoms in total. The standard InChI is InChI=1S/C15H17BrFNS/c1-4-18-15(14-8-12(16)10(3)19-14)11-7-9(2)5-6-13(11)17/h5-8,15,18H,4H2,1-3H3. The molecule has 4 heteroatoms. The van der Waals surface area contributed by atoms with Crippen molar-refractivity contribution in [3.63, 3.8) is 0 Å². The summed E-state index contributed by atoms with van der Waals surface area (Å²) in [7, 11) is 0. The zero-order valence-corrected chi connectivity index (χ0v) is 13.7. The van der Waals surface area contributed by atoms with Crippen LogP contribution in [-0.2, 0) is 0 Å². The third-order valence-electron chi connectivity index (χ3n) is 3.03. The van der Waals surface area contributed by atoms with E-state index in [9.17, 15) is 4.39 Å². The number of hydrogen-bond donors (Lipinski definition) is 1. The third kappa shape index (κ3) is 3.25. The lowest BCUT2D eigenvalue weighted by Gasteiger charge is -2.18. The van der Waals surface area contributed by atoms with Crippen molar-refractivity contribution in [2.45, 2.75) is 26.8 Å². The molecule has 0 saturated heterocycles. The van der Waals surface area contributed by atoms with Gasteiger partial charge in [0.2, 0.25) is 0 Å². The van der Waals surface area contributed by atoms with E-state index in [0.717, 1.165) is 27.0 Å². The van der Waals surface area contributed by atoms with Gasteiger partial charge in [0.1, 0.15) is 5.82 Å². The fourth-order valence-corrected chi connectivity index (χ4v) is 3.73. The van der Waals surface area contributed by atoms with Crippen LogP contribution < -0.4 is 5.32 Å². The number of hydrogen-bond acceptors (Lipinski definition) is 2. The Kier molecular flexibility index (Phi) is 4.76. The molecular formula is C15H17BrFNS. The predicted molar refractivity (Wildman–Crippen MR) is 83.4 cm³/mol. The van der Waals surface area contributed by atoms with Gasteiger partial charge in [0, 0.05) is 19.8 Å². The first-order valence-corrected chi connectivity index (χ1v) is 7.89. The van der Waals surface area contributed by atoms with Crippen LogP contribution in [0.3, 0.4) is 0 Å². The first-order chi connectivity index (χ1) is 9.02. The van der Waals surface area contributed by atoms with Crippen LogP contribution >= 0.6 is 27.3 Å². The summed E-state index contributed by atoms with van der Waals surface area (Å²) >= 11 is 5.23. The number of halogens is 2. The van der Waals surface area contributed by atoms with Crippen molar-refractivity contribution in [1.82, 2.24) is 5.32 Å². The van der Waals surface area contributed by atoms with Gasteiger partial charge in [-0.15, -0.1) is 11.3 Å². The molecule has 0 radical (unpaired) electrons. The second-order valence-electron chi connectivity index (χ2n) is 4.57. The number of aryl methyl sites for hydroxylation is 2. The molecule has 2 rings (SSSR count). The average Bonchev–Trinajstić information content (AvgIpc) is 2.70. The molecule has 19 heavy (non-hydrogen) atoms. The zero-order valence-electron chi connectivity index (χ0n) is 11.3. The zero-order chi connectivity index (χ0) is 14.0. The molecule has 0 aliphatic rings. The maximum atomic E-state index is 14.1. The van der Waals surface area contributed by atoms with Gasteiger partial charge >= 0.3 is 0 Å². The number of benzene rings is 1. The number of nitrogens with one attached hydrogen (secondary N) is 1. The van der Waals surface area contributed by atoms with Gasteiger partial charge in [0.05, 0.1) is 6.04 Å². The summed E-state index contributed by atoms with van der Waals surface area (Å²) in [6.45, 7) is 6.89. The van der Waals surface area contributed by atoms with E-state index in [1.165, 1.54) is 4.88 Å². The highest BCUT2D eigenvalue weighted by Gasteiger charge is 2.19. The second-order valence-corrected chi connectivity index (χ2v) is 6.71. The van der Waals surface area contributed by atoms with E-state index in [0.29, 0.717) is 0 Å². The normalized spacial score (nSPS) is 12.7. The van der Waals surface area contributed by atoms with Crippen molar-refractivity contribution in [2.24, 2.45) is 0 Å². The van der Waals surface area contributed by atoms with Crippen LogP contribution in [0.4, 0.5) is 4.39 Å². The van der Waals surface area contributed by atoms with Crippen molar-refractivity contribution in [2.75, 3.05) is 6.54 Å². The molecule has 0 aliphatic carbocycles. The summed E-state index contributed by atoms with van der Waals surface area (Å²) in [6, 6.07) is 7.27. The van der Waals surface area contributed by atoms with Crippen LogP contribution in [0.1, 0.15) is 33.8 Å². The van der Waals surface area contributed by atoms with Crippen LogP contribution in [0.25, 0.3) is 0 Å². The first kappa shape index (κ1) is 14.7. The molecule has 0 aliphatic heterocycles. The van der Waals surface area contributed by atoms with Gasteiger partial charge in [0.25, 0.3) is 0 Å². The highest BCUT2D eigenvalue weighted by molar-refractivity contribution is 9.10. The van der Waals surface area contributed by atoms with E-state index in [-0.39, 0.29) is 11.9 Å². The summed E-state index contributed by atoms with van der Waals surface area (Å²) in [5.41, 5.74) is 1.79. The Morgan fingerprint density at radius 2 is 2.05 bits per heavy atom. The van der Waals surface area contributed by atoms with E-state index in [1.54, 1.807) is 23.5 Å². The molecule has 1 heterocycles. The van der Waals surface area contributed by atoms with E-state index in [2.05, 4.69) is 34.2 Å². The van der Waals surface area contributed by atoms with Crippen LogP contribution in [-0.4, -0.2) is 6.54 Å². The summed E-state index contributed by atoms with van der Waals surface area (Å²) in [4.78, 5) is 2.35. The fraction of sp³-hybridized carbons (Fsp3) is 0.333. The van der Waals surface area contributed by atoms with E-state index in [1.807, 2.05) is 19.9 Å². The Bertz CT molecular complexity index is 560. The Morgan fingerprint density at radius 3 is 2.63 bits per heavy atom. The van der Waals surface area contributed by atoms with Crippen molar-refractivity contribution < 1.29 is 4.39 Å². The van der Waals surface area contributed by atoms with Gasteiger partial charge in [-0.25, -0.2) is 4.39 Å². The topological polar surface area (TPSA) is 12.0 Å². The minimum absolute atomic E-state index is 0.0834. The Balaban J connectivity index is 2.47. The lowest BCUT2D eigenvalue weighted by atomic mass is 10.0. The largest absolute Gasteiger partial charge is 0.306 e. The number of rotatable bonds is 4. The molecule has 0 amide bonds. The lowest BCUT2D eigenvalue weighted by Crippen LogP contribution is -2.22. The molecule has 0 spiro atoms. The lowest BCUT2D eigenvalue weighted by molar-refractivity contribution is 0.562. The van der Waals surface area contributed by atoms with E-state index < -0.39 is 0 Å². The minimum atomic E-state index is -0.154. The molecule has 1 aromatic heterocycles. The quantitative estimate of drug-likeness (QED) is 0.828. The highest BCUT2D eigenvalue weighted by Crippen LogP contribution is 2.34. The molecule has 1 N–H and O–H groups in total. The first-order valence-electron chi connectivity index (χ1n) is 6.28. The molecule has 102 valence electrons. The van der Waals surface area contributed by atoms with Crippen LogP contribution in [0.2, 0.25) is 0 Å². The van der Waals surface area contributed by atoms with Crippen LogP contribution in [0.15, 0.2) is 28.7 Å². The van der Waals surface area contributed by atoms with Crippen molar-refractivity contribution in [3.05, 3.63) is 55.4 Å². The highest BCUT2D eigenvalue weighted by atomic mass is 79.9. The van der Waals surface area contributed by atoms with Crippen molar-refractivity contribution in [3.8, 4) is 0 Å². The summed E-state index contributed by atoms with van der Waals surface area (Å²) < 4.78 is 15.2. The monoisotopic (exact) mass is 341 g/mol. The smallest absolute Gasteiger partial charge is 0.128 e. The maximum Gasteiger partial charge on any atom is 0.128 e. The molecule has 0 fully saturated rings. The molecule has 2 aromatic rings. The molecular weight excluding hydrogens is 325 g/mol. The maximum absolute atomic E-state index is 14.1. The summed E-state index contributed by atoms with van der Waals surface area (Å²) in [5, 5.41) is 3.37. The molecule has 1 aromatic carbocycles. The minimum Gasteiger partial charge on any atom is -0.306 e. The molecule has 0 bridgehead atoms. The van der Waals surface area contributed by atoms with E-state index in [4.69, 9.17) is 0 Å². The Morgan fingerprint density at radius 1 is 1.32 bits per heavy atom.